The summed E-state index contributed by atoms with van der Waals surface area (Å²) in [4.78, 5) is 0. The van der Waals surface area contributed by atoms with E-state index in [0.29, 0.717) is 6.61 Å². The fraction of sp³-hybridized carbons (Fsp3) is 0.500. The molecular weight excluding hydrogens is 259 g/mol. The van der Waals surface area contributed by atoms with Gasteiger partial charge in [0.1, 0.15) is 6.17 Å². The van der Waals surface area contributed by atoms with Gasteiger partial charge in [0.15, 0.2) is 0 Å². The fourth-order valence-corrected chi connectivity index (χ4v) is 2.45. The van der Waals surface area contributed by atoms with Gasteiger partial charge >= 0.3 is 0 Å². The third-order valence-corrected chi connectivity index (χ3v) is 3.53. The van der Waals surface area contributed by atoms with Gasteiger partial charge in [-0.1, -0.05) is 34.1 Å². The lowest BCUT2D eigenvalue weighted by Crippen LogP contribution is -2.21. The summed E-state index contributed by atoms with van der Waals surface area (Å²) in [5, 5.41) is 0. The van der Waals surface area contributed by atoms with E-state index in [2.05, 4.69) is 15.9 Å². The number of rotatable bonds is 2. The average Bonchev–Trinajstić information content (AvgIpc) is 2.30. The molecule has 1 aromatic carbocycles. The molecule has 0 aromatic heterocycles. The van der Waals surface area contributed by atoms with Crippen molar-refractivity contribution in [3.05, 3.63) is 34.3 Å². The molecule has 2 atom stereocenters. The van der Waals surface area contributed by atoms with Crippen LogP contribution in [0.2, 0.25) is 0 Å². The lowest BCUT2D eigenvalue weighted by molar-refractivity contribution is 0.0195. The summed E-state index contributed by atoms with van der Waals surface area (Å²) in [6.07, 6.45) is 0.971. The summed E-state index contributed by atoms with van der Waals surface area (Å²) in [5.74, 6) is 0.0115. The van der Waals surface area contributed by atoms with Crippen LogP contribution in [0.25, 0.3) is 0 Å². The lowest BCUT2D eigenvalue weighted by Gasteiger charge is -2.25. The molecule has 3 heteroatoms. The first-order chi connectivity index (χ1) is 7.29. The van der Waals surface area contributed by atoms with Crippen LogP contribution in [0.4, 0.5) is 4.39 Å². The SMILES string of the molecule is FC(c1ccccc1Br)C1CCCOC1. The molecule has 0 bridgehead atoms. The summed E-state index contributed by atoms with van der Waals surface area (Å²) >= 11 is 3.38. The van der Waals surface area contributed by atoms with E-state index in [-0.39, 0.29) is 5.92 Å². The molecule has 0 radical (unpaired) electrons. The van der Waals surface area contributed by atoms with Crippen LogP contribution in [0.1, 0.15) is 24.6 Å². The zero-order chi connectivity index (χ0) is 10.7. The maximum atomic E-state index is 14.2. The summed E-state index contributed by atoms with van der Waals surface area (Å²) in [5.41, 5.74) is 0.744. The highest BCUT2D eigenvalue weighted by atomic mass is 79.9. The number of hydrogen-bond acceptors (Lipinski definition) is 1. The first-order valence-corrected chi connectivity index (χ1v) is 6.04. The zero-order valence-electron chi connectivity index (χ0n) is 8.46. The van der Waals surface area contributed by atoms with Crippen LogP contribution < -0.4 is 0 Å². The smallest absolute Gasteiger partial charge is 0.131 e. The van der Waals surface area contributed by atoms with Crippen LogP contribution in [0, 0.1) is 5.92 Å². The van der Waals surface area contributed by atoms with Crippen LogP contribution >= 0.6 is 15.9 Å². The number of halogens is 2. The van der Waals surface area contributed by atoms with Crippen molar-refractivity contribution in [1.82, 2.24) is 0 Å². The molecule has 0 saturated carbocycles. The van der Waals surface area contributed by atoms with Gasteiger partial charge in [-0.3, -0.25) is 0 Å². The minimum Gasteiger partial charge on any atom is -0.381 e. The van der Waals surface area contributed by atoms with Gasteiger partial charge in [-0.05, 0) is 18.9 Å². The van der Waals surface area contributed by atoms with E-state index in [1.54, 1.807) is 0 Å². The van der Waals surface area contributed by atoms with E-state index < -0.39 is 6.17 Å². The van der Waals surface area contributed by atoms with Gasteiger partial charge in [0, 0.05) is 22.6 Å². The molecule has 0 N–H and O–H groups in total. The minimum absolute atomic E-state index is 0.0115. The van der Waals surface area contributed by atoms with Gasteiger partial charge in [0.25, 0.3) is 0 Å². The Kier molecular flexibility index (Phi) is 3.76. The van der Waals surface area contributed by atoms with Crippen molar-refractivity contribution in [2.45, 2.75) is 19.0 Å². The number of ether oxygens (including phenoxy) is 1. The van der Waals surface area contributed by atoms with Crippen molar-refractivity contribution in [2.24, 2.45) is 5.92 Å². The molecule has 1 heterocycles. The molecule has 0 spiro atoms. The second-order valence-electron chi connectivity index (χ2n) is 3.90. The molecule has 0 amide bonds. The van der Waals surface area contributed by atoms with E-state index in [0.717, 1.165) is 29.5 Å². The van der Waals surface area contributed by atoms with Crippen molar-refractivity contribution < 1.29 is 9.13 Å². The number of benzene rings is 1. The largest absolute Gasteiger partial charge is 0.381 e. The Bertz CT molecular complexity index is 323. The zero-order valence-corrected chi connectivity index (χ0v) is 10.0. The number of alkyl halides is 1. The van der Waals surface area contributed by atoms with Gasteiger partial charge < -0.3 is 4.74 Å². The van der Waals surface area contributed by atoms with E-state index in [1.165, 1.54) is 0 Å². The van der Waals surface area contributed by atoms with Crippen LogP contribution in [-0.2, 0) is 4.74 Å². The quantitative estimate of drug-likeness (QED) is 0.794. The van der Waals surface area contributed by atoms with Crippen molar-refractivity contribution >= 4 is 15.9 Å². The van der Waals surface area contributed by atoms with Crippen LogP contribution in [-0.4, -0.2) is 13.2 Å². The predicted octanol–water partition coefficient (Wildman–Crippen LogP) is 3.89. The molecule has 1 aliphatic rings. The molecule has 82 valence electrons. The van der Waals surface area contributed by atoms with Crippen molar-refractivity contribution in [3.8, 4) is 0 Å². The predicted molar refractivity (Wildman–Crippen MR) is 61.5 cm³/mol. The van der Waals surface area contributed by atoms with Crippen molar-refractivity contribution in [3.63, 3.8) is 0 Å². The second-order valence-corrected chi connectivity index (χ2v) is 4.75. The van der Waals surface area contributed by atoms with E-state index in [4.69, 9.17) is 4.74 Å². The Labute approximate surface area is 97.8 Å². The van der Waals surface area contributed by atoms with Crippen LogP contribution in [0.3, 0.4) is 0 Å². The monoisotopic (exact) mass is 272 g/mol. The Hall–Kier alpha value is -0.410. The summed E-state index contributed by atoms with van der Waals surface area (Å²) in [7, 11) is 0. The fourth-order valence-electron chi connectivity index (χ4n) is 1.95. The maximum Gasteiger partial charge on any atom is 0.131 e. The molecule has 1 saturated heterocycles. The molecule has 0 aliphatic carbocycles. The van der Waals surface area contributed by atoms with Gasteiger partial charge in [-0.25, -0.2) is 4.39 Å². The Morgan fingerprint density at radius 2 is 2.20 bits per heavy atom. The molecule has 2 rings (SSSR count). The standard InChI is InChI=1S/C12H14BrFO/c13-11-6-2-1-5-10(11)12(14)9-4-3-7-15-8-9/h1-2,5-6,9,12H,3-4,7-8H2. The highest BCUT2D eigenvalue weighted by Gasteiger charge is 2.26. The third-order valence-electron chi connectivity index (χ3n) is 2.81. The third kappa shape index (κ3) is 2.58. The molecule has 1 nitrogen and oxygen atoms in total. The lowest BCUT2D eigenvalue weighted by atomic mass is 9.92. The molecule has 2 unspecified atom stereocenters. The molecular formula is C12H14BrFO. The Morgan fingerprint density at radius 1 is 1.40 bits per heavy atom. The highest BCUT2D eigenvalue weighted by molar-refractivity contribution is 9.10. The summed E-state index contributed by atoms with van der Waals surface area (Å²) in [6, 6.07) is 7.49. The average molecular weight is 273 g/mol. The first kappa shape index (κ1) is 11.1. The van der Waals surface area contributed by atoms with Gasteiger partial charge in [0.2, 0.25) is 0 Å². The number of hydrogen-bond donors (Lipinski definition) is 0. The van der Waals surface area contributed by atoms with Gasteiger partial charge in [0.05, 0.1) is 6.61 Å². The van der Waals surface area contributed by atoms with Crippen LogP contribution in [0.15, 0.2) is 28.7 Å². The maximum absolute atomic E-state index is 14.2. The molecule has 1 aliphatic heterocycles. The normalized spacial score (nSPS) is 23.7. The van der Waals surface area contributed by atoms with Crippen molar-refractivity contribution in [1.29, 1.82) is 0 Å². The van der Waals surface area contributed by atoms with E-state index in [1.807, 2.05) is 24.3 Å². The van der Waals surface area contributed by atoms with Crippen molar-refractivity contribution in [2.75, 3.05) is 13.2 Å². The summed E-state index contributed by atoms with van der Waals surface area (Å²) < 4.78 is 20.3. The Balaban J connectivity index is 2.12. The molecule has 1 fully saturated rings. The van der Waals surface area contributed by atoms with Crippen LogP contribution in [0.5, 0.6) is 0 Å². The molecule has 15 heavy (non-hydrogen) atoms. The minimum atomic E-state index is -0.916. The molecule has 1 aromatic rings. The van der Waals surface area contributed by atoms with Gasteiger partial charge in [-0.2, -0.15) is 0 Å². The second kappa shape index (κ2) is 5.08. The highest BCUT2D eigenvalue weighted by Crippen LogP contribution is 2.35. The van der Waals surface area contributed by atoms with E-state index in [9.17, 15) is 4.39 Å². The summed E-state index contributed by atoms with van der Waals surface area (Å²) in [6.45, 7) is 1.32. The first-order valence-electron chi connectivity index (χ1n) is 5.25. The van der Waals surface area contributed by atoms with E-state index >= 15 is 0 Å². The Morgan fingerprint density at radius 3 is 2.87 bits per heavy atom. The topological polar surface area (TPSA) is 9.23 Å². The van der Waals surface area contributed by atoms with Gasteiger partial charge in [-0.15, -0.1) is 0 Å².